The highest BCUT2D eigenvalue weighted by atomic mass is 16.5. The summed E-state index contributed by atoms with van der Waals surface area (Å²) in [6.07, 6.45) is 3.27. The van der Waals surface area contributed by atoms with Gasteiger partial charge in [-0.25, -0.2) is 4.79 Å². The third-order valence-corrected chi connectivity index (χ3v) is 2.49. The number of aliphatic hydroxyl groups excluding tert-OH is 1. The number of hydrogen-bond acceptors (Lipinski definition) is 4. The summed E-state index contributed by atoms with van der Waals surface area (Å²) in [4.78, 5) is 11.1. The van der Waals surface area contributed by atoms with Crippen LogP contribution in [0.1, 0.15) is 6.92 Å². The van der Waals surface area contributed by atoms with E-state index in [1.807, 2.05) is 13.0 Å². The van der Waals surface area contributed by atoms with E-state index in [0.29, 0.717) is 11.3 Å². The molecule has 0 fully saturated rings. The lowest BCUT2D eigenvalue weighted by molar-refractivity contribution is 0.260. The van der Waals surface area contributed by atoms with Gasteiger partial charge in [-0.15, -0.1) is 0 Å². The van der Waals surface area contributed by atoms with Gasteiger partial charge in [0.25, 0.3) is 0 Å². The van der Waals surface area contributed by atoms with Crippen molar-refractivity contribution in [3.05, 3.63) is 53.1 Å². The zero-order valence-electron chi connectivity index (χ0n) is 10.00. The summed E-state index contributed by atoms with van der Waals surface area (Å²) < 4.78 is 10.4. The molecule has 0 saturated heterocycles. The number of rotatable bonds is 4. The Morgan fingerprint density at radius 2 is 2.17 bits per heavy atom. The molecule has 0 unspecified atom stereocenters. The van der Waals surface area contributed by atoms with E-state index in [2.05, 4.69) is 0 Å². The summed E-state index contributed by atoms with van der Waals surface area (Å²) in [5.74, 6) is 0.627. The maximum atomic E-state index is 11.1. The summed E-state index contributed by atoms with van der Waals surface area (Å²) >= 11 is 0. The van der Waals surface area contributed by atoms with Crippen LogP contribution in [0.5, 0.6) is 5.75 Å². The minimum Gasteiger partial charge on any atom is -0.465 e. The van der Waals surface area contributed by atoms with E-state index in [-0.39, 0.29) is 18.2 Å². The van der Waals surface area contributed by atoms with Gasteiger partial charge in [-0.2, -0.15) is 0 Å². The molecule has 1 N–H and O–H groups in total. The molecule has 1 aromatic heterocycles. The van der Waals surface area contributed by atoms with Crippen molar-refractivity contribution in [2.45, 2.75) is 6.92 Å². The van der Waals surface area contributed by atoms with Crippen LogP contribution in [0.2, 0.25) is 0 Å². The highest BCUT2D eigenvalue weighted by molar-refractivity contribution is 5.77. The number of hydrogen-bond donors (Lipinski definition) is 1. The molecule has 0 spiro atoms. The molecule has 4 nitrogen and oxygen atoms in total. The molecule has 4 heteroatoms. The van der Waals surface area contributed by atoms with Crippen molar-refractivity contribution in [3.8, 4) is 5.75 Å². The molecule has 0 aliphatic rings. The van der Waals surface area contributed by atoms with Gasteiger partial charge in [0.2, 0.25) is 0 Å². The molecule has 0 aliphatic heterocycles. The zero-order valence-corrected chi connectivity index (χ0v) is 10.00. The van der Waals surface area contributed by atoms with Gasteiger partial charge in [0.1, 0.15) is 11.3 Å². The average Bonchev–Trinajstić information content (AvgIpc) is 2.38. The summed E-state index contributed by atoms with van der Waals surface area (Å²) in [5, 5.41) is 9.69. The van der Waals surface area contributed by atoms with Gasteiger partial charge in [0, 0.05) is 30.0 Å². The molecule has 0 aliphatic carbocycles. The van der Waals surface area contributed by atoms with Gasteiger partial charge in [-0.05, 0) is 24.3 Å². The fourth-order valence-electron chi connectivity index (χ4n) is 1.43. The molecule has 0 radical (unpaired) electrons. The lowest BCUT2D eigenvalue weighted by atomic mass is 10.2. The van der Waals surface area contributed by atoms with Crippen LogP contribution >= 0.6 is 0 Å². The Labute approximate surface area is 104 Å². The van der Waals surface area contributed by atoms with Crippen molar-refractivity contribution in [2.75, 3.05) is 6.61 Å². The third kappa shape index (κ3) is 2.99. The van der Waals surface area contributed by atoms with Crippen molar-refractivity contribution in [1.82, 2.24) is 0 Å². The summed E-state index contributed by atoms with van der Waals surface area (Å²) in [6.45, 7) is 1.95. The van der Waals surface area contributed by atoms with Crippen LogP contribution in [0.3, 0.4) is 0 Å². The van der Waals surface area contributed by atoms with Crippen LogP contribution < -0.4 is 10.4 Å². The van der Waals surface area contributed by atoms with Crippen LogP contribution in [0.15, 0.2) is 51.9 Å². The maximum Gasteiger partial charge on any atom is 0.336 e. The molecule has 18 heavy (non-hydrogen) atoms. The first-order valence-electron chi connectivity index (χ1n) is 5.67. The molecular formula is C14H14O4. The molecular weight excluding hydrogens is 232 g/mol. The molecule has 2 aromatic rings. The number of aliphatic hydroxyl groups is 1. The predicted octanol–water partition coefficient (Wildman–Crippen LogP) is 2.31. The van der Waals surface area contributed by atoms with E-state index in [4.69, 9.17) is 14.3 Å². The minimum atomic E-state index is -0.385. The van der Waals surface area contributed by atoms with Crippen molar-refractivity contribution in [2.24, 2.45) is 5.92 Å². The average molecular weight is 246 g/mol. The standard InChI is InChI=1S/C14H14O4/c1-10(9-15)6-7-17-12-4-2-11-3-5-14(16)18-13(11)8-12/h2-8,10,15H,9H2,1H3/b7-6+/t10-/m1/s1. The first kappa shape index (κ1) is 12.4. The van der Waals surface area contributed by atoms with Gasteiger partial charge in [0.05, 0.1) is 6.26 Å². The maximum absolute atomic E-state index is 11.1. The lowest BCUT2D eigenvalue weighted by Gasteiger charge is -2.03. The van der Waals surface area contributed by atoms with Gasteiger partial charge in [-0.3, -0.25) is 0 Å². The highest BCUT2D eigenvalue weighted by Crippen LogP contribution is 2.19. The number of ether oxygens (including phenoxy) is 1. The van der Waals surface area contributed by atoms with E-state index in [0.717, 1.165) is 5.39 Å². The van der Waals surface area contributed by atoms with E-state index in [9.17, 15) is 4.79 Å². The van der Waals surface area contributed by atoms with Crippen LogP contribution in [0.25, 0.3) is 11.0 Å². The first-order valence-corrected chi connectivity index (χ1v) is 5.67. The second-order valence-corrected chi connectivity index (χ2v) is 4.06. The van der Waals surface area contributed by atoms with Crippen molar-refractivity contribution < 1.29 is 14.3 Å². The SMILES string of the molecule is C[C@H](/C=C/Oc1ccc2ccc(=O)oc2c1)CO. The summed E-state index contributed by atoms with van der Waals surface area (Å²) in [6, 6.07) is 8.35. The zero-order chi connectivity index (χ0) is 13.0. The number of benzene rings is 1. The number of fused-ring (bicyclic) bond motifs is 1. The summed E-state index contributed by atoms with van der Waals surface area (Å²) in [5.41, 5.74) is 0.104. The monoisotopic (exact) mass is 246 g/mol. The fourth-order valence-corrected chi connectivity index (χ4v) is 1.43. The van der Waals surface area contributed by atoms with Crippen LogP contribution in [0, 0.1) is 5.92 Å². The Bertz CT molecular complexity index is 612. The second-order valence-electron chi connectivity index (χ2n) is 4.06. The van der Waals surface area contributed by atoms with E-state index < -0.39 is 0 Å². The Morgan fingerprint density at radius 3 is 2.94 bits per heavy atom. The normalized spacial score (nSPS) is 13.0. The van der Waals surface area contributed by atoms with Crippen LogP contribution in [0.4, 0.5) is 0 Å². The van der Waals surface area contributed by atoms with Crippen molar-refractivity contribution >= 4 is 11.0 Å². The van der Waals surface area contributed by atoms with Crippen LogP contribution in [-0.2, 0) is 0 Å². The molecule has 1 atom stereocenters. The first-order chi connectivity index (χ1) is 8.69. The largest absolute Gasteiger partial charge is 0.465 e. The Kier molecular flexibility index (Phi) is 3.79. The van der Waals surface area contributed by atoms with Gasteiger partial charge in [0.15, 0.2) is 0 Å². The van der Waals surface area contributed by atoms with E-state index in [1.54, 1.807) is 24.3 Å². The van der Waals surface area contributed by atoms with E-state index in [1.165, 1.54) is 12.3 Å². The van der Waals surface area contributed by atoms with Crippen molar-refractivity contribution in [3.63, 3.8) is 0 Å². The highest BCUT2D eigenvalue weighted by Gasteiger charge is 1.99. The Balaban J connectivity index is 2.19. The Morgan fingerprint density at radius 1 is 1.39 bits per heavy atom. The smallest absolute Gasteiger partial charge is 0.336 e. The third-order valence-electron chi connectivity index (χ3n) is 2.49. The molecule has 94 valence electrons. The van der Waals surface area contributed by atoms with E-state index >= 15 is 0 Å². The minimum absolute atomic E-state index is 0.0448. The topological polar surface area (TPSA) is 59.7 Å². The molecule has 0 saturated carbocycles. The fraction of sp³-hybridized carbons (Fsp3) is 0.214. The molecule has 2 rings (SSSR count). The molecule has 1 aromatic carbocycles. The van der Waals surface area contributed by atoms with Gasteiger partial charge >= 0.3 is 5.63 Å². The summed E-state index contributed by atoms with van der Waals surface area (Å²) in [7, 11) is 0. The second kappa shape index (κ2) is 5.51. The predicted molar refractivity (Wildman–Crippen MR) is 68.5 cm³/mol. The van der Waals surface area contributed by atoms with Crippen molar-refractivity contribution in [1.29, 1.82) is 0 Å². The molecule has 1 heterocycles. The van der Waals surface area contributed by atoms with Gasteiger partial charge < -0.3 is 14.3 Å². The molecule has 0 amide bonds. The molecule has 0 bridgehead atoms. The lowest BCUT2D eigenvalue weighted by Crippen LogP contribution is -1.96. The van der Waals surface area contributed by atoms with Gasteiger partial charge in [-0.1, -0.05) is 6.92 Å². The Hall–Kier alpha value is -2.07. The quantitative estimate of drug-likeness (QED) is 0.664. The van der Waals surface area contributed by atoms with Crippen LogP contribution in [-0.4, -0.2) is 11.7 Å².